The summed E-state index contributed by atoms with van der Waals surface area (Å²) in [5.74, 6) is 1.83. The van der Waals surface area contributed by atoms with Gasteiger partial charge in [-0.15, -0.1) is 11.6 Å². The Balaban J connectivity index is 0.000000242. The Kier molecular flexibility index (Phi) is 48.6. The van der Waals surface area contributed by atoms with Crippen molar-refractivity contribution in [3.05, 3.63) is 315 Å². The fraction of sp³-hybridized carbons (Fsp3) is 0.400. The Hall–Kier alpha value is -10.6. The van der Waals surface area contributed by atoms with Crippen molar-refractivity contribution in [2.24, 2.45) is 5.73 Å². The number of benzene rings is 7. The molecular formula is C105H138Br2Cl2FN13O14Si4. The average molecular weight is 2170 g/mol. The monoisotopic (exact) mass is 2160 g/mol. The van der Waals surface area contributed by atoms with Crippen molar-refractivity contribution in [3.8, 4) is 0 Å². The Morgan fingerprint density at radius 1 is 0.475 bits per heavy atom. The Bertz CT molecular complexity index is 6290. The maximum Gasteiger partial charge on any atom is 0.414 e. The van der Waals surface area contributed by atoms with Crippen molar-refractivity contribution in [1.82, 2.24) is 49.5 Å². The summed E-state index contributed by atoms with van der Waals surface area (Å²) in [6, 6.07) is 62.9. The minimum Gasteiger partial charge on any atom is -0.445 e. The molecule has 0 saturated heterocycles. The summed E-state index contributed by atoms with van der Waals surface area (Å²) in [6.45, 7) is 31.6. The lowest BCUT2D eigenvalue weighted by Crippen LogP contribution is -2.31. The molecule has 6 aromatic heterocycles. The topological polar surface area (TPSA) is 333 Å². The Labute approximate surface area is 859 Å². The van der Waals surface area contributed by atoms with Gasteiger partial charge in [0.1, 0.15) is 46.1 Å². The van der Waals surface area contributed by atoms with Gasteiger partial charge < -0.3 is 38.9 Å². The molecule has 141 heavy (non-hydrogen) atoms. The number of rotatable bonds is 32. The van der Waals surface area contributed by atoms with E-state index in [0.717, 1.165) is 78.5 Å². The fourth-order valence-electron chi connectivity index (χ4n) is 14.4. The normalized spacial score (nSPS) is 12.8. The Morgan fingerprint density at radius 3 is 1.27 bits per heavy atom. The lowest BCUT2D eigenvalue weighted by Gasteiger charge is -2.24. The highest BCUT2D eigenvalue weighted by Crippen LogP contribution is 2.35. The number of aromatic nitrogens is 10. The van der Waals surface area contributed by atoms with Crippen molar-refractivity contribution in [2.45, 2.75) is 231 Å². The largest absolute Gasteiger partial charge is 0.445 e. The van der Waals surface area contributed by atoms with E-state index in [1.54, 1.807) is 72.2 Å². The predicted octanol–water partition coefficient (Wildman–Crippen LogP) is 25.6. The van der Waals surface area contributed by atoms with Gasteiger partial charge in [0, 0.05) is 114 Å². The number of carbonyl (C=O) groups is 3. The van der Waals surface area contributed by atoms with E-state index in [0.29, 0.717) is 81.4 Å². The van der Waals surface area contributed by atoms with E-state index in [9.17, 15) is 38.0 Å². The van der Waals surface area contributed by atoms with Crippen LogP contribution in [0.4, 0.5) is 30.1 Å². The van der Waals surface area contributed by atoms with Crippen LogP contribution in [-0.4, -0.2) is 140 Å². The van der Waals surface area contributed by atoms with Gasteiger partial charge in [-0.3, -0.25) is 43.8 Å². The number of amides is 3. The summed E-state index contributed by atoms with van der Waals surface area (Å²) >= 11 is 17.7. The summed E-state index contributed by atoms with van der Waals surface area (Å²) < 4.78 is 58.9. The molecule has 6 heterocycles. The van der Waals surface area contributed by atoms with Gasteiger partial charge in [0.05, 0.1) is 78.7 Å². The number of halogens is 5. The van der Waals surface area contributed by atoms with Gasteiger partial charge in [-0.25, -0.2) is 33.5 Å². The second kappa shape index (κ2) is 60.1. The molecule has 3 amide bonds. The molecule has 4 N–H and O–H groups in total. The zero-order valence-electron chi connectivity index (χ0n) is 84.0. The van der Waals surface area contributed by atoms with Crippen molar-refractivity contribution >= 4 is 160 Å². The van der Waals surface area contributed by atoms with Crippen LogP contribution < -0.4 is 38.2 Å². The van der Waals surface area contributed by atoms with Gasteiger partial charge in [0.25, 0.3) is 22.2 Å². The minimum absolute atomic E-state index is 0. The number of nitrogens with zero attached hydrogens (tertiary/aromatic N) is 10. The first kappa shape index (κ1) is 114. The highest BCUT2D eigenvalue weighted by Gasteiger charge is 2.24. The zero-order valence-corrected chi connectivity index (χ0v) is 91.7. The molecule has 2 saturated carbocycles. The fourth-order valence-corrected chi connectivity index (χ4v) is 18.4. The van der Waals surface area contributed by atoms with E-state index in [-0.39, 0.29) is 70.2 Å². The van der Waals surface area contributed by atoms with Gasteiger partial charge in [-0.1, -0.05) is 264 Å². The predicted molar refractivity (Wildman–Crippen MR) is 586 cm³/mol. The van der Waals surface area contributed by atoms with Crippen LogP contribution >= 0.6 is 55.1 Å². The van der Waals surface area contributed by atoms with Crippen molar-refractivity contribution in [1.29, 1.82) is 0 Å². The highest BCUT2D eigenvalue weighted by molar-refractivity contribution is 9.10. The van der Waals surface area contributed by atoms with Crippen LogP contribution in [0.15, 0.2) is 253 Å². The molecule has 2 aliphatic rings. The number of ether oxygens (including phenoxy) is 7. The number of hydrogen-bond acceptors (Lipinski definition) is 20. The molecule has 15 rings (SSSR count). The molecule has 13 aromatic rings. The van der Waals surface area contributed by atoms with Crippen molar-refractivity contribution in [2.75, 3.05) is 49.9 Å². The summed E-state index contributed by atoms with van der Waals surface area (Å²) in [5, 5.41) is 26.7. The molecule has 0 spiro atoms. The summed E-state index contributed by atoms with van der Waals surface area (Å²) in [6.07, 6.45) is 21.8. The molecule has 7 aromatic carbocycles. The average Bonchev–Trinajstić information content (AvgIpc) is 0.795. The number of H-pyrrole nitrogens is 1. The molecule has 0 unspecified atom stereocenters. The number of nitrogens with one attached hydrogen (secondary N) is 2. The van der Waals surface area contributed by atoms with Crippen molar-refractivity contribution < 1.29 is 54.7 Å². The van der Waals surface area contributed by atoms with Crippen molar-refractivity contribution in [3.63, 3.8) is 0 Å². The van der Waals surface area contributed by atoms with E-state index in [1.165, 1.54) is 95.4 Å². The minimum atomic E-state index is -1.22. The standard InChI is InChI=1S/C34H42N4O4Si.C22H27N3O4Si.C14H19BrN2O2Si.C12H16ClN.C8H5BrN2O.C8H9NO2.C6H15ClOSi.CH3F.H2/c1-43(2,3)19-18-41-25-38-33(39)32-17-16-31(20-29(32)22-36-38)37(34(40)42-24-26-10-6-4-7-11-26)23-30-15-14-28(21-35-30)27-12-8-5-9-13-27;1-30(2,3)12-11-28-16-25-21(26)20-10-9-19(13-18(20)14-23-25)24-22(27)29-15-17-7-5-4-6-8-17;1-20(2,3)7-6-19-10-17-14(18)13-5-4-12(15)8-11(13)9-16-17;13-8-12-7-6-11(9-14-12)10-4-2-1-3-5-10;9-6-1-2-7-5(3-6)4-10-11-8(7)12;9-8(10)11-6-7-4-2-1-3-5-7;1-9(2,3)5-4-8-6-7;1-2;/h4,6-7,10-11,14-17,20-22,27H,5,8-9,12-13,18-19,23-25H2,1-3H3;4-10,13-14H,11-12,15-16H2,1-3H3,(H,24,27);4-5,8-9H,6-7,10H2,1-3H3;6-7,9-10H,1-5,8H2;1-4H,(H,11,12);1-5H,6H2,(H2,9,10);4-6H2,1-3H3;1H3;1H/i;;;;;;;1D;. The van der Waals surface area contributed by atoms with Crippen LogP contribution in [0.5, 0.6) is 0 Å². The van der Waals surface area contributed by atoms with Gasteiger partial charge in [0.15, 0.2) is 0 Å². The Morgan fingerprint density at radius 2 is 0.858 bits per heavy atom. The number of pyridine rings is 2. The maximum atomic E-state index is 13.5. The molecule has 2 fully saturated rings. The third kappa shape index (κ3) is 42.8. The number of carbonyl (C=O) groups excluding carboxylic acids is 3. The third-order valence-corrected chi connectivity index (χ3v) is 30.8. The quantitative estimate of drug-likeness (QED) is 0.0153. The summed E-state index contributed by atoms with van der Waals surface area (Å²) in [7, 11) is -5.37. The van der Waals surface area contributed by atoms with Crippen LogP contribution in [0.1, 0.15) is 118 Å². The van der Waals surface area contributed by atoms with E-state index in [2.05, 4.69) is 169 Å². The molecule has 2 aliphatic carbocycles. The van der Waals surface area contributed by atoms with E-state index >= 15 is 0 Å². The molecule has 758 valence electrons. The molecule has 0 atom stereocenters. The SMILES string of the molecule is C[Si](C)(C)CCOCCl.C[Si](C)(C)CCOCn1ncc2cc(Br)ccc2c1=O.C[Si](C)(C)CCOCn1ncc2cc(N(Cc3ccc(C4CCCCC4)cn3)C(=O)OCc3ccccc3)ccc2c1=O.C[Si](C)(C)CCOCn1ncc2cc(NC(=O)OCc3ccccc3)ccc2c1=O.ClCc1ccc(C2CCCCC2)cn1.NC(=O)OCc1ccccc1.O=c1[nH]ncc2cc(Br)ccc12.[2H]CF.[HH]. The van der Waals surface area contributed by atoms with Gasteiger partial charge in [-0.05, 0) is 174 Å². The molecular weight excluding hydrogens is 2030 g/mol. The molecule has 0 bridgehead atoms. The van der Waals surface area contributed by atoms with Gasteiger partial charge in [0.2, 0.25) is 0 Å². The first-order chi connectivity index (χ1) is 67.9. The zero-order chi connectivity index (χ0) is 103. The third-order valence-electron chi connectivity index (χ3n) is 22.6. The smallest absolute Gasteiger partial charge is 0.414 e. The highest BCUT2D eigenvalue weighted by atomic mass is 79.9. The van der Waals surface area contributed by atoms with Crippen LogP contribution in [0.25, 0.3) is 43.1 Å². The second-order valence-electron chi connectivity index (χ2n) is 38.8. The molecule has 0 aliphatic heterocycles. The molecule has 36 heteroatoms. The number of fused-ring (bicyclic) bond motifs is 4. The van der Waals surface area contributed by atoms with E-state index in [1.807, 2.05) is 140 Å². The van der Waals surface area contributed by atoms with Crippen LogP contribution in [0, 0.1) is 0 Å². The first-order valence-corrected chi connectivity index (χ1v) is 64.8. The van der Waals surface area contributed by atoms with Gasteiger partial charge in [-0.2, -0.15) is 20.4 Å². The first-order valence-electron chi connectivity index (χ1n) is 48.0. The van der Waals surface area contributed by atoms with E-state index < -0.39 is 57.7 Å². The second-order valence-corrected chi connectivity index (χ2v) is 63.6. The molecule has 27 nitrogen and oxygen atoms in total. The summed E-state index contributed by atoms with van der Waals surface area (Å²) in [4.78, 5) is 95.5. The molecule has 0 radical (unpaired) electrons. The number of nitrogens with two attached hydrogens (primary N) is 1. The number of primary amides is 1. The van der Waals surface area contributed by atoms with Crippen LogP contribution in [0.2, 0.25) is 103 Å². The van der Waals surface area contributed by atoms with Gasteiger partial charge >= 0.3 is 18.3 Å². The number of alkyl halides is 3. The maximum absolute atomic E-state index is 13.5. The number of anilines is 2. The van der Waals surface area contributed by atoms with Crippen LogP contribution in [0.3, 0.4) is 0 Å². The van der Waals surface area contributed by atoms with Crippen LogP contribution in [-0.2, 0) is 85.6 Å². The number of hydrogen-bond donors (Lipinski definition) is 3. The summed E-state index contributed by atoms with van der Waals surface area (Å²) in [5.41, 5.74) is 12.4. The number of aromatic amines is 1. The lowest BCUT2D eigenvalue weighted by atomic mass is 9.85. The lowest BCUT2D eigenvalue weighted by molar-refractivity contribution is 0.0754. The van der Waals surface area contributed by atoms with E-state index in [4.69, 9.17) is 63.7 Å².